The number of aromatic nitrogens is 3. The van der Waals surface area contributed by atoms with Gasteiger partial charge in [0, 0.05) is 6.54 Å². The van der Waals surface area contributed by atoms with Crippen LogP contribution in [0.4, 0.5) is 0 Å². The minimum atomic E-state index is -0.855. The van der Waals surface area contributed by atoms with Crippen molar-refractivity contribution < 1.29 is 19.4 Å². The summed E-state index contributed by atoms with van der Waals surface area (Å²) in [6.45, 7) is 3.46. The van der Waals surface area contributed by atoms with Crippen molar-refractivity contribution in [3.63, 3.8) is 0 Å². The second-order valence-corrected chi connectivity index (χ2v) is 6.83. The molecule has 8 heteroatoms. The number of fused-ring (bicyclic) bond motifs is 1. The Bertz CT molecular complexity index is 972. The van der Waals surface area contributed by atoms with Crippen molar-refractivity contribution >= 4 is 5.97 Å². The summed E-state index contributed by atoms with van der Waals surface area (Å²) in [6.07, 6.45) is 0. The molecule has 2 aromatic carbocycles. The van der Waals surface area contributed by atoms with Crippen LogP contribution in [0.15, 0.2) is 54.6 Å². The lowest BCUT2D eigenvalue weighted by molar-refractivity contribution is -0.145. The molecule has 8 nitrogen and oxygen atoms in total. The average molecular weight is 394 g/mol. The van der Waals surface area contributed by atoms with Gasteiger partial charge in [-0.3, -0.25) is 9.69 Å². The Morgan fingerprint density at radius 1 is 1.07 bits per heavy atom. The van der Waals surface area contributed by atoms with Crippen molar-refractivity contribution in [2.45, 2.75) is 26.1 Å². The van der Waals surface area contributed by atoms with Crippen LogP contribution in [-0.2, 0) is 17.9 Å². The van der Waals surface area contributed by atoms with Gasteiger partial charge in [-0.05, 0) is 43.3 Å². The van der Waals surface area contributed by atoms with E-state index in [2.05, 4.69) is 10.2 Å². The lowest BCUT2D eigenvalue weighted by atomic mass is 10.2. The van der Waals surface area contributed by atoms with Crippen LogP contribution >= 0.6 is 0 Å². The fraction of sp³-hybridized carbons (Fsp3) is 0.286. The van der Waals surface area contributed by atoms with Gasteiger partial charge in [0.2, 0.25) is 0 Å². The Hall–Kier alpha value is -3.39. The van der Waals surface area contributed by atoms with Gasteiger partial charge in [0.1, 0.15) is 41.5 Å². The van der Waals surface area contributed by atoms with Gasteiger partial charge in [-0.1, -0.05) is 18.2 Å². The number of carbonyl (C=O) groups is 1. The molecule has 1 aromatic heterocycles. The van der Waals surface area contributed by atoms with E-state index in [-0.39, 0.29) is 0 Å². The van der Waals surface area contributed by atoms with Crippen LogP contribution in [0.3, 0.4) is 0 Å². The zero-order valence-electron chi connectivity index (χ0n) is 16.1. The van der Waals surface area contributed by atoms with E-state index in [4.69, 9.17) is 9.47 Å². The lowest BCUT2D eigenvalue weighted by Crippen LogP contribution is -2.49. The molecule has 0 saturated heterocycles. The molecular weight excluding hydrogens is 372 g/mol. The standard InChI is InChI=1S/C21H22N4O4/c1-15-22-23-20-14-24(19(21(26)27)13-25(15)20)11-12-28-16-7-9-18(10-8-16)29-17-5-3-2-4-6-17/h2-10,19H,11-14H2,1H3,(H,26,27). The van der Waals surface area contributed by atoms with Crippen LogP contribution in [-0.4, -0.2) is 49.9 Å². The minimum absolute atomic E-state index is 0.342. The lowest BCUT2D eigenvalue weighted by Gasteiger charge is -2.33. The zero-order valence-corrected chi connectivity index (χ0v) is 16.1. The Morgan fingerprint density at radius 2 is 1.76 bits per heavy atom. The number of hydrogen-bond acceptors (Lipinski definition) is 6. The summed E-state index contributed by atoms with van der Waals surface area (Å²) in [4.78, 5) is 13.5. The number of para-hydroxylation sites is 1. The van der Waals surface area contributed by atoms with Crippen molar-refractivity contribution in [1.29, 1.82) is 0 Å². The van der Waals surface area contributed by atoms with Crippen LogP contribution in [0.25, 0.3) is 0 Å². The van der Waals surface area contributed by atoms with Crippen molar-refractivity contribution in [2.75, 3.05) is 13.2 Å². The molecule has 1 aliphatic heterocycles. The topological polar surface area (TPSA) is 89.7 Å². The van der Waals surface area contributed by atoms with Crippen LogP contribution < -0.4 is 9.47 Å². The maximum absolute atomic E-state index is 11.7. The summed E-state index contributed by atoms with van der Waals surface area (Å²) in [7, 11) is 0. The average Bonchev–Trinajstić information content (AvgIpc) is 3.09. The number of hydrogen-bond donors (Lipinski definition) is 1. The van der Waals surface area contributed by atoms with E-state index in [9.17, 15) is 9.90 Å². The number of carboxylic acids is 1. The fourth-order valence-electron chi connectivity index (χ4n) is 3.34. The highest BCUT2D eigenvalue weighted by Gasteiger charge is 2.33. The Kier molecular flexibility index (Phi) is 5.44. The first-order valence-corrected chi connectivity index (χ1v) is 9.41. The monoisotopic (exact) mass is 394 g/mol. The molecule has 0 amide bonds. The van der Waals surface area contributed by atoms with E-state index in [1.165, 1.54) is 0 Å². The van der Waals surface area contributed by atoms with Gasteiger partial charge in [-0.2, -0.15) is 0 Å². The summed E-state index contributed by atoms with van der Waals surface area (Å²) in [5, 5.41) is 17.8. The third-order valence-electron chi connectivity index (χ3n) is 4.89. The largest absolute Gasteiger partial charge is 0.492 e. The molecule has 1 N–H and O–H groups in total. The molecule has 1 aliphatic rings. The molecule has 0 saturated carbocycles. The van der Waals surface area contributed by atoms with Crippen LogP contribution in [0.5, 0.6) is 17.2 Å². The normalized spacial score (nSPS) is 16.2. The molecular formula is C21H22N4O4. The molecule has 0 radical (unpaired) electrons. The van der Waals surface area contributed by atoms with Gasteiger partial charge in [0.15, 0.2) is 0 Å². The Balaban J connectivity index is 1.33. The summed E-state index contributed by atoms with van der Waals surface area (Å²) >= 11 is 0. The highest BCUT2D eigenvalue weighted by molar-refractivity contribution is 5.73. The second kappa shape index (κ2) is 8.32. The number of aliphatic carboxylic acids is 1. The first kappa shape index (κ1) is 18.9. The molecule has 0 spiro atoms. The number of benzene rings is 2. The van der Waals surface area contributed by atoms with Crippen molar-refractivity contribution in [2.24, 2.45) is 0 Å². The number of ether oxygens (including phenoxy) is 2. The van der Waals surface area contributed by atoms with Gasteiger partial charge < -0.3 is 19.1 Å². The molecule has 4 rings (SSSR count). The predicted molar refractivity (Wildman–Crippen MR) is 105 cm³/mol. The second-order valence-electron chi connectivity index (χ2n) is 6.83. The minimum Gasteiger partial charge on any atom is -0.492 e. The van der Waals surface area contributed by atoms with Crippen LogP contribution in [0.1, 0.15) is 11.6 Å². The maximum atomic E-state index is 11.7. The summed E-state index contributed by atoms with van der Waals surface area (Å²) in [5.41, 5.74) is 0. The predicted octanol–water partition coefficient (Wildman–Crippen LogP) is 2.73. The van der Waals surface area contributed by atoms with Crippen molar-refractivity contribution in [3.05, 3.63) is 66.2 Å². The number of nitrogens with zero attached hydrogens (tertiary/aromatic N) is 4. The molecule has 29 heavy (non-hydrogen) atoms. The number of aryl methyl sites for hydroxylation is 1. The van der Waals surface area contributed by atoms with E-state index < -0.39 is 12.0 Å². The van der Waals surface area contributed by atoms with E-state index in [1.54, 1.807) is 0 Å². The smallest absolute Gasteiger partial charge is 0.322 e. The summed E-state index contributed by atoms with van der Waals surface area (Å²) in [6, 6.07) is 16.3. The van der Waals surface area contributed by atoms with Crippen LogP contribution in [0.2, 0.25) is 0 Å². The van der Waals surface area contributed by atoms with Gasteiger partial charge in [0.05, 0.1) is 13.1 Å². The Morgan fingerprint density at radius 3 is 2.48 bits per heavy atom. The molecule has 1 atom stereocenters. The maximum Gasteiger partial charge on any atom is 0.322 e. The number of carboxylic acid groups (broad SMARTS) is 1. The van der Waals surface area contributed by atoms with Crippen LogP contribution in [0, 0.1) is 6.92 Å². The molecule has 150 valence electrons. The highest BCUT2D eigenvalue weighted by Crippen LogP contribution is 2.24. The Labute approximate surface area is 168 Å². The molecule has 0 fully saturated rings. The molecule has 2 heterocycles. The van der Waals surface area contributed by atoms with Crippen molar-refractivity contribution in [3.8, 4) is 17.2 Å². The van der Waals surface area contributed by atoms with Gasteiger partial charge in [0.25, 0.3) is 0 Å². The van der Waals surface area contributed by atoms with Gasteiger partial charge in [-0.15, -0.1) is 10.2 Å². The molecule has 1 unspecified atom stereocenters. The van der Waals surface area contributed by atoms with E-state index in [0.717, 1.165) is 23.1 Å². The molecule has 0 aliphatic carbocycles. The van der Waals surface area contributed by atoms with E-state index in [1.807, 2.05) is 71.0 Å². The summed E-state index contributed by atoms with van der Waals surface area (Å²) in [5.74, 6) is 2.86. The summed E-state index contributed by atoms with van der Waals surface area (Å²) < 4.78 is 13.4. The SMILES string of the molecule is Cc1nnc2n1CC(C(=O)O)N(CCOc1ccc(Oc3ccccc3)cc1)C2. The van der Waals surface area contributed by atoms with Gasteiger partial charge in [-0.25, -0.2) is 0 Å². The van der Waals surface area contributed by atoms with E-state index >= 15 is 0 Å². The molecule has 0 bridgehead atoms. The zero-order chi connectivity index (χ0) is 20.2. The third kappa shape index (κ3) is 4.38. The first-order chi connectivity index (χ1) is 14.1. The van der Waals surface area contributed by atoms with Gasteiger partial charge >= 0.3 is 5.97 Å². The molecule has 3 aromatic rings. The number of rotatable bonds is 7. The first-order valence-electron chi connectivity index (χ1n) is 9.41. The highest BCUT2D eigenvalue weighted by atomic mass is 16.5. The fourth-order valence-corrected chi connectivity index (χ4v) is 3.34. The quantitative estimate of drug-likeness (QED) is 0.659. The van der Waals surface area contributed by atoms with Crippen molar-refractivity contribution in [1.82, 2.24) is 19.7 Å². The van der Waals surface area contributed by atoms with E-state index in [0.29, 0.717) is 32.0 Å². The third-order valence-corrected chi connectivity index (χ3v) is 4.89.